The zero-order chi connectivity index (χ0) is 11.5. The monoisotopic (exact) mass is 250 g/mol. The molecule has 0 saturated heterocycles. The van der Waals surface area contributed by atoms with Crippen molar-refractivity contribution in [2.24, 2.45) is 0 Å². The van der Waals surface area contributed by atoms with Crippen LogP contribution in [0.2, 0.25) is 5.02 Å². The number of rotatable bonds is 3. The molecule has 0 unspecified atom stereocenters. The van der Waals surface area contributed by atoms with Crippen LogP contribution in [0.25, 0.3) is 0 Å². The van der Waals surface area contributed by atoms with Crippen molar-refractivity contribution in [3.05, 3.63) is 56.7 Å². The molecule has 0 atom stereocenters. The first-order chi connectivity index (χ1) is 7.66. The number of ketones is 1. The molecule has 3 heteroatoms. The van der Waals surface area contributed by atoms with Crippen molar-refractivity contribution in [1.82, 2.24) is 0 Å². The average molecular weight is 251 g/mol. The maximum atomic E-state index is 12.0. The van der Waals surface area contributed by atoms with Crippen molar-refractivity contribution < 1.29 is 4.79 Å². The van der Waals surface area contributed by atoms with E-state index in [0.717, 1.165) is 16.0 Å². The Morgan fingerprint density at radius 1 is 1.25 bits per heavy atom. The number of hydrogen-bond acceptors (Lipinski definition) is 2. The number of carbonyl (C=O) groups excluding carboxylic acids is 1. The summed E-state index contributed by atoms with van der Waals surface area (Å²) in [5, 5.41) is 2.65. The van der Waals surface area contributed by atoms with Crippen LogP contribution in [0.4, 0.5) is 0 Å². The van der Waals surface area contributed by atoms with E-state index in [1.54, 1.807) is 0 Å². The van der Waals surface area contributed by atoms with Gasteiger partial charge >= 0.3 is 0 Å². The number of aryl methyl sites for hydroxylation is 1. The Bertz CT molecular complexity index is 499. The number of carbonyl (C=O) groups is 1. The van der Waals surface area contributed by atoms with Gasteiger partial charge in [0.2, 0.25) is 0 Å². The quantitative estimate of drug-likeness (QED) is 0.749. The summed E-state index contributed by atoms with van der Waals surface area (Å²) >= 11 is 7.29. The zero-order valence-electron chi connectivity index (χ0n) is 8.87. The number of benzene rings is 1. The van der Waals surface area contributed by atoms with Crippen molar-refractivity contribution in [1.29, 1.82) is 0 Å². The topological polar surface area (TPSA) is 17.1 Å². The second kappa shape index (κ2) is 4.81. The van der Waals surface area contributed by atoms with Crippen LogP contribution in [0.1, 0.15) is 20.8 Å². The minimum Gasteiger partial charge on any atom is -0.293 e. The van der Waals surface area contributed by atoms with E-state index in [2.05, 4.69) is 0 Å². The second-order valence-electron chi connectivity index (χ2n) is 3.66. The van der Waals surface area contributed by atoms with E-state index in [9.17, 15) is 4.79 Å². The van der Waals surface area contributed by atoms with Crippen LogP contribution in [-0.4, -0.2) is 5.78 Å². The highest BCUT2D eigenvalue weighted by Crippen LogP contribution is 2.19. The average Bonchev–Trinajstić information content (AvgIpc) is 2.68. The van der Waals surface area contributed by atoms with Crippen molar-refractivity contribution in [2.75, 3.05) is 0 Å². The Kier molecular flexibility index (Phi) is 3.42. The molecular weight excluding hydrogens is 240 g/mol. The van der Waals surface area contributed by atoms with Gasteiger partial charge in [0.05, 0.1) is 4.88 Å². The smallest absolute Gasteiger partial charge is 0.177 e. The third kappa shape index (κ3) is 2.52. The van der Waals surface area contributed by atoms with Crippen molar-refractivity contribution in [3.63, 3.8) is 0 Å². The van der Waals surface area contributed by atoms with E-state index in [1.165, 1.54) is 11.3 Å². The molecule has 1 heterocycles. The predicted octanol–water partition coefficient (Wildman–Crippen LogP) is 4.14. The lowest BCUT2D eigenvalue weighted by molar-refractivity contribution is 0.0996. The maximum absolute atomic E-state index is 12.0. The maximum Gasteiger partial charge on any atom is 0.177 e. The summed E-state index contributed by atoms with van der Waals surface area (Å²) in [5.41, 5.74) is 2.06. The van der Waals surface area contributed by atoms with Crippen LogP contribution >= 0.6 is 22.9 Å². The summed E-state index contributed by atoms with van der Waals surface area (Å²) in [4.78, 5) is 12.8. The fourth-order valence-electron chi connectivity index (χ4n) is 1.53. The summed E-state index contributed by atoms with van der Waals surface area (Å²) in [6.45, 7) is 1.96. The van der Waals surface area contributed by atoms with Gasteiger partial charge in [-0.2, -0.15) is 0 Å². The van der Waals surface area contributed by atoms with Gasteiger partial charge in [0.25, 0.3) is 0 Å². The van der Waals surface area contributed by atoms with E-state index in [-0.39, 0.29) is 5.78 Å². The van der Waals surface area contributed by atoms with Crippen molar-refractivity contribution >= 4 is 28.7 Å². The van der Waals surface area contributed by atoms with E-state index in [1.807, 2.05) is 42.6 Å². The number of hydrogen-bond donors (Lipinski definition) is 0. The Labute approximate surface area is 104 Å². The van der Waals surface area contributed by atoms with E-state index in [0.29, 0.717) is 11.4 Å². The molecule has 0 bridgehead atoms. The van der Waals surface area contributed by atoms with Gasteiger partial charge in [-0.15, -0.1) is 11.3 Å². The fraction of sp³-hybridized carbons (Fsp3) is 0.154. The summed E-state index contributed by atoms with van der Waals surface area (Å²) in [6, 6.07) is 9.38. The third-order valence-electron chi connectivity index (χ3n) is 2.39. The second-order valence-corrected chi connectivity index (χ2v) is 5.01. The van der Waals surface area contributed by atoms with Gasteiger partial charge in [0, 0.05) is 11.4 Å². The van der Waals surface area contributed by atoms with Gasteiger partial charge in [0.15, 0.2) is 5.78 Å². The number of Topliss-reactive ketones (excluding diaryl/α,β-unsaturated/α-hetero) is 1. The molecule has 1 aromatic heterocycles. The highest BCUT2D eigenvalue weighted by molar-refractivity contribution is 7.12. The summed E-state index contributed by atoms with van der Waals surface area (Å²) < 4.78 is 0. The van der Waals surface area contributed by atoms with Gasteiger partial charge in [-0.05, 0) is 41.6 Å². The van der Waals surface area contributed by atoms with Crippen LogP contribution in [-0.2, 0) is 6.42 Å². The van der Waals surface area contributed by atoms with Crippen LogP contribution in [0, 0.1) is 6.92 Å². The Morgan fingerprint density at radius 2 is 1.94 bits per heavy atom. The summed E-state index contributed by atoms with van der Waals surface area (Å²) in [7, 11) is 0. The fourth-order valence-corrected chi connectivity index (χ4v) is 2.52. The lowest BCUT2D eigenvalue weighted by atomic mass is 10.1. The minimum absolute atomic E-state index is 0.176. The minimum atomic E-state index is 0.176. The molecular formula is C13H11ClOS. The SMILES string of the molecule is Cc1ccsc1C(=O)Cc1ccc(Cl)cc1. The van der Waals surface area contributed by atoms with Crippen LogP contribution in [0.5, 0.6) is 0 Å². The molecule has 0 saturated carbocycles. The molecule has 0 fully saturated rings. The first kappa shape index (κ1) is 11.4. The normalized spacial score (nSPS) is 10.4. The highest BCUT2D eigenvalue weighted by Gasteiger charge is 2.10. The molecule has 0 spiro atoms. The number of halogens is 1. The summed E-state index contributed by atoms with van der Waals surface area (Å²) in [6.07, 6.45) is 0.443. The molecule has 0 N–H and O–H groups in total. The third-order valence-corrected chi connectivity index (χ3v) is 3.70. The Balaban J connectivity index is 2.14. The van der Waals surface area contributed by atoms with Crippen molar-refractivity contribution in [3.8, 4) is 0 Å². The van der Waals surface area contributed by atoms with Gasteiger partial charge in [-0.25, -0.2) is 0 Å². The predicted molar refractivity (Wildman–Crippen MR) is 68.5 cm³/mol. The molecule has 2 rings (SSSR count). The van der Waals surface area contributed by atoms with Crippen LogP contribution < -0.4 is 0 Å². The lowest BCUT2D eigenvalue weighted by Gasteiger charge is -2.00. The molecule has 2 aromatic rings. The highest BCUT2D eigenvalue weighted by atomic mass is 35.5. The van der Waals surface area contributed by atoms with Gasteiger partial charge in [-0.3, -0.25) is 4.79 Å². The van der Waals surface area contributed by atoms with E-state index in [4.69, 9.17) is 11.6 Å². The standard InChI is InChI=1S/C13H11ClOS/c1-9-6-7-16-13(9)12(15)8-10-2-4-11(14)5-3-10/h2-7H,8H2,1H3. The molecule has 0 aliphatic heterocycles. The largest absolute Gasteiger partial charge is 0.293 e. The Hall–Kier alpha value is -1.12. The van der Waals surface area contributed by atoms with Crippen LogP contribution in [0.15, 0.2) is 35.7 Å². The molecule has 1 aromatic carbocycles. The molecule has 0 amide bonds. The lowest BCUT2D eigenvalue weighted by Crippen LogP contribution is -2.02. The molecule has 16 heavy (non-hydrogen) atoms. The Morgan fingerprint density at radius 3 is 2.50 bits per heavy atom. The van der Waals surface area contributed by atoms with Crippen LogP contribution in [0.3, 0.4) is 0 Å². The van der Waals surface area contributed by atoms with E-state index < -0.39 is 0 Å². The van der Waals surface area contributed by atoms with Gasteiger partial charge in [0.1, 0.15) is 0 Å². The van der Waals surface area contributed by atoms with E-state index >= 15 is 0 Å². The molecule has 0 aliphatic carbocycles. The zero-order valence-corrected chi connectivity index (χ0v) is 10.4. The first-order valence-electron chi connectivity index (χ1n) is 4.98. The first-order valence-corrected chi connectivity index (χ1v) is 6.24. The molecule has 82 valence electrons. The van der Waals surface area contributed by atoms with Gasteiger partial charge < -0.3 is 0 Å². The molecule has 1 nitrogen and oxygen atoms in total. The van der Waals surface area contributed by atoms with Crippen molar-refractivity contribution in [2.45, 2.75) is 13.3 Å². The summed E-state index contributed by atoms with van der Waals surface area (Å²) in [5.74, 6) is 0.176. The molecule has 0 radical (unpaired) electrons. The van der Waals surface area contributed by atoms with Gasteiger partial charge in [-0.1, -0.05) is 23.7 Å². The molecule has 0 aliphatic rings. The number of thiophene rings is 1.